The highest BCUT2D eigenvalue weighted by Crippen LogP contribution is 2.23. The monoisotopic (exact) mass is 499 g/mol. The zero-order valence-electron chi connectivity index (χ0n) is 19.7. The van der Waals surface area contributed by atoms with Crippen LogP contribution >= 0.6 is 0 Å². The average Bonchev–Trinajstić information content (AvgIpc) is 2.85. The van der Waals surface area contributed by atoms with Crippen LogP contribution in [0.15, 0.2) is 71.9 Å². The number of amides is 1. The van der Waals surface area contributed by atoms with Crippen molar-refractivity contribution in [1.82, 2.24) is 15.0 Å². The molecule has 0 radical (unpaired) electrons. The van der Waals surface area contributed by atoms with Crippen LogP contribution in [0.2, 0.25) is 0 Å². The summed E-state index contributed by atoms with van der Waals surface area (Å²) in [5.41, 5.74) is 3.82. The van der Waals surface area contributed by atoms with Gasteiger partial charge in [0.25, 0.3) is 11.5 Å². The first kappa shape index (κ1) is 26.1. The first-order valence-corrected chi connectivity index (χ1v) is 13.0. The van der Waals surface area contributed by atoms with Gasteiger partial charge in [0.1, 0.15) is 5.75 Å². The number of hydrogen-bond acceptors (Lipinski definition) is 7. The van der Waals surface area contributed by atoms with Crippen LogP contribution < -0.4 is 15.8 Å². The summed E-state index contributed by atoms with van der Waals surface area (Å²) >= 11 is 0. The summed E-state index contributed by atoms with van der Waals surface area (Å²) in [6.45, 7) is 1.79. The van der Waals surface area contributed by atoms with Crippen molar-refractivity contribution < 1.29 is 23.2 Å². The Morgan fingerprint density at radius 1 is 1.11 bits per heavy atom. The molecular formula is C25H29N3O6S. The molecule has 35 heavy (non-hydrogen) atoms. The molecule has 3 aromatic rings. The Labute approximate surface area is 204 Å². The van der Waals surface area contributed by atoms with E-state index in [0.29, 0.717) is 12.2 Å². The van der Waals surface area contributed by atoms with Crippen LogP contribution in [0.5, 0.6) is 5.75 Å². The van der Waals surface area contributed by atoms with Crippen molar-refractivity contribution in [2.75, 3.05) is 12.9 Å². The molecule has 2 heterocycles. The number of nitrogens with zero attached hydrogens (tertiary/aromatic N) is 2. The Hall–Kier alpha value is -3.50. The summed E-state index contributed by atoms with van der Waals surface area (Å²) in [6, 6.07) is 14.6. The minimum atomic E-state index is -3.84. The molecule has 186 valence electrons. The van der Waals surface area contributed by atoms with E-state index in [2.05, 4.69) is 4.98 Å². The lowest BCUT2D eigenvalue weighted by Gasteiger charge is -2.25. The maximum absolute atomic E-state index is 12.6. The lowest BCUT2D eigenvalue weighted by atomic mass is 10.1. The van der Waals surface area contributed by atoms with Crippen molar-refractivity contribution in [3.63, 3.8) is 0 Å². The van der Waals surface area contributed by atoms with Gasteiger partial charge in [-0.25, -0.2) is 13.9 Å². The van der Waals surface area contributed by atoms with E-state index in [9.17, 15) is 18.0 Å². The van der Waals surface area contributed by atoms with Gasteiger partial charge in [0.15, 0.2) is 14.6 Å². The van der Waals surface area contributed by atoms with Crippen LogP contribution in [0.25, 0.3) is 11.1 Å². The first-order chi connectivity index (χ1) is 16.6. The highest BCUT2D eigenvalue weighted by Gasteiger charge is 2.43. The van der Waals surface area contributed by atoms with Gasteiger partial charge in [-0.1, -0.05) is 12.1 Å². The molecule has 1 atom stereocenters. The SMILES string of the molecule is CC(CCn1ccc(-c2ccc(OCCCc3ccncc3)cc2)cc1=O)(C(=O)NO)S(C)(=O)=O. The van der Waals surface area contributed by atoms with Gasteiger partial charge in [0.2, 0.25) is 0 Å². The van der Waals surface area contributed by atoms with Crippen LogP contribution in [-0.4, -0.2) is 46.7 Å². The fraction of sp³-hybridized carbons (Fsp3) is 0.320. The number of aryl methyl sites for hydroxylation is 2. The topological polar surface area (TPSA) is 128 Å². The third-order valence-corrected chi connectivity index (χ3v) is 8.07. The number of aromatic nitrogens is 2. The number of hydrogen-bond donors (Lipinski definition) is 2. The lowest BCUT2D eigenvalue weighted by Crippen LogP contribution is -2.49. The molecule has 1 unspecified atom stereocenters. The molecule has 0 bridgehead atoms. The average molecular weight is 500 g/mol. The molecule has 0 saturated heterocycles. The standard InChI is InChI=1S/C25H29N3O6S/c1-25(24(30)27-31,35(2,32)33)12-16-28-15-11-21(18-23(28)29)20-5-7-22(8-6-20)34-17-3-4-19-9-13-26-14-10-19/h5-11,13-15,18,31H,3-4,12,16-17H2,1-2H3,(H,27,30). The van der Waals surface area contributed by atoms with Crippen molar-refractivity contribution in [3.05, 3.63) is 83.0 Å². The maximum atomic E-state index is 12.6. The van der Waals surface area contributed by atoms with Crippen LogP contribution in [-0.2, 0) is 27.6 Å². The summed E-state index contributed by atoms with van der Waals surface area (Å²) in [7, 11) is -3.84. The third-order valence-electron chi connectivity index (χ3n) is 6.04. The molecule has 0 aliphatic rings. The van der Waals surface area contributed by atoms with Gasteiger partial charge < -0.3 is 9.30 Å². The van der Waals surface area contributed by atoms with Crippen molar-refractivity contribution in [1.29, 1.82) is 0 Å². The number of hydroxylamine groups is 1. The normalized spacial score (nSPS) is 13.1. The smallest absolute Gasteiger partial charge is 0.264 e. The summed E-state index contributed by atoms with van der Waals surface area (Å²) in [5.74, 6) is -0.302. The molecule has 0 fully saturated rings. The van der Waals surface area contributed by atoms with Gasteiger partial charge in [-0.3, -0.25) is 19.8 Å². The van der Waals surface area contributed by atoms with Crippen molar-refractivity contribution in [2.45, 2.75) is 37.5 Å². The quantitative estimate of drug-likeness (QED) is 0.236. The number of carbonyl (C=O) groups is 1. The minimum Gasteiger partial charge on any atom is -0.494 e. The Balaban J connectivity index is 1.60. The van der Waals surface area contributed by atoms with Crippen LogP contribution in [0.3, 0.4) is 0 Å². The van der Waals surface area contributed by atoms with Gasteiger partial charge in [0.05, 0.1) is 6.61 Å². The second kappa shape index (κ2) is 11.3. The molecule has 2 N–H and O–H groups in total. The molecular weight excluding hydrogens is 470 g/mol. The molecule has 0 spiro atoms. The zero-order valence-corrected chi connectivity index (χ0v) is 20.5. The Bertz CT molecular complexity index is 1310. The van der Waals surface area contributed by atoms with Crippen LogP contribution in [0.4, 0.5) is 0 Å². The molecule has 1 aromatic carbocycles. The molecule has 9 nitrogen and oxygen atoms in total. The predicted octanol–water partition coefficient (Wildman–Crippen LogP) is 2.62. The fourth-order valence-electron chi connectivity index (χ4n) is 3.55. The highest BCUT2D eigenvalue weighted by molar-refractivity contribution is 7.92. The number of pyridine rings is 2. The molecule has 3 rings (SSSR count). The number of rotatable bonds is 11. The highest BCUT2D eigenvalue weighted by atomic mass is 32.2. The predicted molar refractivity (Wildman–Crippen MR) is 132 cm³/mol. The molecule has 2 aromatic heterocycles. The van der Waals surface area contributed by atoms with E-state index < -0.39 is 20.5 Å². The first-order valence-electron chi connectivity index (χ1n) is 11.1. The minimum absolute atomic E-state index is 0.0115. The van der Waals surface area contributed by atoms with E-state index >= 15 is 0 Å². The van der Waals surface area contributed by atoms with E-state index in [1.54, 1.807) is 24.7 Å². The summed E-state index contributed by atoms with van der Waals surface area (Å²) < 4.78 is 29.5. The number of carbonyl (C=O) groups excluding carboxylic acids is 1. The number of benzene rings is 1. The molecule has 10 heteroatoms. The maximum Gasteiger partial charge on any atom is 0.264 e. The Morgan fingerprint density at radius 3 is 2.40 bits per heavy atom. The summed E-state index contributed by atoms with van der Waals surface area (Å²) in [6.07, 6.45) is 7.63. The lowest BCUT2D eigenvalue weighted by molar-refractivity contribution is -0.131. The van der Waals surface area contributed by atoms with Gasteiger partial charge in [-0.15, -0.1) is 0 Å². The van der Waals surface area contributed by atoms with E-state index in [1.807, 2.05) is 36.4 Å². The largest absolute Gasteiger partial charge is 0.494 e. The molecule has 0 aliphatic carbocycles. The van der Waals surface area contributed by atoms with Gasteiger partial charge in [0, 0.05) is 37.5 Å². The van der Waals surface area contributed by atoms with Crippen molar-refractivity contribution in [3.8, 4) is 16.9 Å². The summed E-state index contributed by atoms with van der Waals surface area (Å²) in [4.78, 5) is 28.6. The number of sulfone groups is 1. The van der Waals surface area contributed by atoms with Crippen LogP contribution in [0.1, 0.15) is 25.3 Å². The molecule has 0 aliphatic heterocycles. The van der Waals surface area contributed by atoms with Crippen molar-refractivity contribution in [2.24, 2.45) is 0 Å². The number of nitrogens with one attached hydrogen (secondary N) is 1. The fourth-order valence-corrected chi connectivity index (χ4v) is 4.40. The zero-order chi connectivity index (χ0) is 25.5. The Kier molecular flexibility index (Phi) is 8.42. The number of ether oxygens (including phenoxy) is 1. The van der Waals surface area contributed by atoms with Gasteiger partial charge in [-0.05, 0) is 73.2 Å². The van der Waals surface area contributed by atoms with Crippen molar-refractivity contribution >= 4 is 15.7 Å². The van der Waals surface area contributed by atoms with Crippen LogP contribution in [0, 0.1) is 0 Å². The van der Waals surface area contributed by atoms with Gasteiger partial charge >= 0.3 is 0 Å². The molecule has 1 amide bonds. The summed E-state index contributed by atoms with van der Waals surface area (Å²) in [5, 5.41) is 8.93. The van der Waals surface area contributed by atoms with E-state index in [4.69, 9.17) is 9.94 Å². The van der Waals surface area contributed by atoms with E-state index in [1.165, 1.54) is 28.6 Å². The van der Waals surface area contributed by atoms with E-state index in [0.717, 1.165) is 30.4 Å². The second-order valence-corrected chi connectivity index (χ2v) is 10.9. The van der Waals surface area contributed by atoms with Gasteiger partial charge in [-0.2, -0.15) is 0 Å². The second-order valence-electron chi connectivity index (χ2n) is 8.47. The third kappa shape index (κ3) is 6.55. The molecule has 0 saturated carbocycles. The van der Waals surface area contributed by atoms with E-state index in [-0.39, 0.29) is 18.5 Å². The Morgan fingerprint density at radius 2 is 1.80 bits per heavy atom.